The molecule has 1 aliphatic rings. The third-order valence-electron chi connectivity index (χ3n) is 2.04. The third-order valence-corrected chi connectivity index (χ3v) is 2.04. The van der Waals surface area contributed by atoms with Crippen molar-refractivity contribution in [2.75, 3.05) is 20.1 Å². The van der Waals surface area contributed by atoms with Crippen LogP contribution in [0.5, 0.6) is 0 Å². The van der Waals surface area contributed by atoms with Crippen molar-refractivity contribution in [3.05, 3.63) is 6.54 Å². The highest BCUT2D eigenvalue weighted by atomic mass is 15.1. The third kappa shape index (κ3) is 1.95. The number of nitrogens with two attached hydrogens (primary N) is 1. The van der Waals surface area contributed by atoms with Gasteiger partial charge in [0.15, 0.2) is 0 Å². The van der Waals surface area contributed by atoms with Crippen molar-refractivity contribution >= 4 is 0 Å². The van der Waals surface area contributed by atoms with Crippen molar-refractivity contribution < 1.29 is 0 Å². The van der Waals surface area contributed by atoms with Crippen molar-refractivity contribution in [3.63, 3.8) is 0 Å². The summed E-state index contributed by atoms with van der Waals surface area (Å²) in [6, 6.07) is 0. The molecule has 0 aliphatic carbocycles. The Balaban J connectivity index is 2.18. The second-order valence-electron chi connectivity index (χ2n) is 2.83. The first-order chi connectivity index (χ1) is 4.33. The van der Waals surface area contributed by atoms with Gasteiger partial charge in [0.1, 0.15) is 0 Å². The van der Waals surface area contributed by atoms with E-state index in [1.807, 2.05) is 6.54 Å². The Morgan fingerprint density at radius 3 is 2.44 bits per heavy atom. The molecule has 1 aliphatic heterocycles. The smallest absolute Gasteiger partial charge is 0.0224 e. The van der Waals surface area contributed by atoms with Crippen LogP contribution >= 0.6 is 0 Å². The van der Waals surface area contributed by atoms with E-state index in [4.69, 9.17) is 5.73 Å². The first-order valence-electron chi connectivity index (χ1n) is 3.56. The first-order valence-corrected chi connectivity index (χ1v) is 3.56. The molecule has 9 heavy (non-hydrogen) atoms. The van der Waals surface area contributed by atoms with Gasteiger partial charge in [-0.1, -0.05) is 0 Å². The maximum absolute atomic E-state index is 5.41. The van der Waals surface area contributed by atoms with Crippen LogP contribution in [-0.2, 0) is 0 Å². The molecule has 1 rings (SSSR count). The summed E-state index contributed by atoms with van der Waals surface area (Å²) >= 11 is 0. The molecule has 2 N–H and O–H groups in total. The number of rotatable bonds is 1. The SMILES string of the molecule is CN1CCC([CH]N)CC1. The van der Waals surface area contributed by atoms with E-state index < -0.39 is 0 Å². The molecule has 0 saturated carbocycles. The van der Waals surface area contributed by atoms with Gasteiger partial charge in [-0.3, -0.25) is 0 Å². The minimum atomic E-state index is 0.682. The van der Waals surface area contributed by atoms with E-state index in [2.05, 4.69) is 11.9 Å². The Kier molecular flexibility index (Phi) is 2.49. The standard InChI is InChI=1S/C7H15N2/c1-9-4-2-7(6-8)3-5-9/h6-7H,2-5,8H2,1H3. The second kappa shape index (κ2) is 3.18. The van der Waals surface area contributed by atoms with Gasteiger partial charge in [-0.15, -0.1) is 0 Å². The van der Waals surface area contributed by atoms with Gasteiger partial charge in [-0.25, -0.2) is 0 Å². The zero-order valence-electron chi connectivity index (χ0n) is 6.01. The van der Waals surface area contributed by atoms with E-state index in [0.29, 0.717) is 5.92 Å². The summed E-state index contributed by atoms with van der Waals surface area (Å²) in [7, 11) is 2.16. The van der Waals surface area contributed by atoms with E-state index in [0.717, 1.165) is 0 Å². The highest BCUT2D eigenvalue weighted by Crippen LogP contribution is 2.15. The van der Waals surface area contributed by atoms with Gasteiger partial charge in [0.2, 0.25) is 0 Å². The van der Waals surface area contributed by atoms with Crippen LogP contribution < -0.4 is 5.73 Å². The van der Waals surface area contributed by atoms with Crippen molar-refractivity contribution in [3.8, 4) is 0 Å². The number of nitrogens with zero attached hydrogens (tertiary/aromatic N) is 1. The Labute approximate surface area is 57.0 Å². The van der Waals surface area contributed by atoms with E-state index in [9.17, 15) is 0 Å². The van der Waals surface area contributed by atoms with Crippen LogP contribution in [0.25, 0.3) is 0 Å². The lowest BCUT2D eigenvalue weighted by atomic mass is 9.98. The summed E-state index contributed by atoms with van der Waals surface area (Å²) in [6.07, 6.45) is 2.49. The largest absolute Gasteiger partial charge is 0.326 e. The molecule has 0 amide bonds. The molecule has 0 bridgehead atoms. The van der Waals surface area contributed by atoms with Crippen LogP contribution in [0, 0.1) is 12.5 Å². The van der Waals surface area contributed by atoms with Gasteiger partial charge in [0, 0.05) is 6.54 Å². The number of likely N-dealkylation sites (tertiary alicyclic amines) is 1. The summed E-state index contributed by atoms with van der Waals surface area (Å²) in [5.74, 6) is 0.682. The summed E-state index contributed by atoms with van der Waals surface area (Å²) < 4.78 is 0. The average Bonchev–Trinajstić information content (AvgIpc) is 1.90. The lowest BCUT2D eigenvalue weighted by Crippen LogP contribution is -2.31. The first kappa shape index (κ1) is 7.03. The topological polar surface area (TPSA) is 29.3 Å². The van der Waals surface area contributed by atoms with Gasteiger partial charge in [-0.2, -0.15) is 0 Å². The van der Waals surface area contributed by atoms with Crippen LogP contribution in [0.2, 0.25) is 0 Å². The zero-order chi connectivity index (χ0) is 6.69. The van der Waals surface area contributed by atoms with E-state index in [-0.39, 0.29) is 0 Å². The molecule has 1 saturated heterocycles. The predicted molar refractivity (Wildman–Crippen MR) is 38.7 cm³/mol. The zero-order valence-corrected chi connectivity index (χ0v) is 6.01. The molecule has 0 unspecified atom stereocenters. The van der Waals surface area contributed by atoms with Gasteiger partial charge in [-0.05, 0) is 38.9 Å². The van der Waals surface area contributed by atoms with Crippen molar-refractivity contribution in [1.29, 1.82) is 0 Å². The lowest BCUT2D eigenvalue weighted by molar-refractivity contribution is 0.235. The lowest BCUT2D eigenvalue weighted by Gasteiger charge is -2.27. The van der Waals surface area contributed by atoms with Gasteiger partial charge >= 0.3 is 0 Å². The molecule has 0 aromatic carbocycles. The molecular formula is C7H15N2. The average molecular weight is 127 g/mol. The Hall–Kier alpha value is -0.0800. The summed E-state index contributed by atoms with van der Waals surface area (Å²) in [5, 5.41) is 0. The van der Waals surface area contributed by atoms with Crippen molar-refractivity contribution in [1.82, 2.24) is 4.90 Å². The Bertz CT molecular complexity index is 75.0. The number of hydrogen-bond acceptors (Lipinski definition) is 2. The quantitative estimate of drug-likeness (QED) is 0.554. The molecule has 0 atom stereocenters. The Morgan fingerprint density at radius 2 is 2.00 bits per heavy atom. The molecule has 2 nitrogen and oxygen atoms in total. The van der Waals surface area contributed by atoms with Crippen molar-refractivity contribution in [2.45, 2.75) is 12.8 Å². The molecular weight excluding hydrogens is 112 g/mol. The monoisotopic (exact) mass is 127 g/mol. The molecule has 0 aromatic heterocycles. The van der Waals surface area contributed by atoms with Crippen LogP contribution in [-0.4, -0.2) is 25.0 Å². The van der Waals surface area contributed by atoms with Crippen LogP contribution in [0.4, 0.5) is 0 Å². The number of hydrogen-bond donors (Lipinski definition) is 1. The molecule has 1 fully saturated rings. The van der Waals surface area contributed by atoms with Gasteiger partial charge < -0.3 is 10.6 Å². The highest BCUT2D eigenvalue weighted by molar-refractivity contribution is 4.76. The maximum atomic E-state index is 5.41. The second-order valence-corrected chi connectivity index (χ2v) is 2.83. The minimum Gasteiger partial charge on any atom is -0.326 e. The summed E-state index contributed by atoms with van der Waals surface area (Å²) in [6.45, 7) is 4.25. The summed E-state index contributed by atoms with van der Waals surface area (Å²) in [4.78, 5) is 2.35. The molecule has 1 radical (unpaired) electrons. The van der Waals surface area contributed by atoms with Gasteiger partial charge in [0.25, 0.3) is 0 Å². The Morgan fingerprint density at radius 1 is 1.44 bits per heavy atom. The highest BCUT2D eigenvalue weighted by Gasteiger charge is 2.14. The fraction of sp³-hybridized carbons (Fsp3) is 0.857. The fourth-order valence-corrected chi connectivity index (χ4v) is 1.22. The van der Waals surface area contributed by atoms with E-state index in [1.54, 1.807) is 0 Å². The van der Waals surface area contributed by atoms with Gasteiger partial charge in [0.05, 0.1) is 0 Å². The number of piperidine rings is 1. The van der Waals surface area contributed by atoms with Crippen LogP contribution in [0.1, 0.15) is 12.8 Å². The molecule has 0 spiro atoms. The van der Waals surface area contributed by atoms with Crippen molar-refractivity contribution in [2.24, 2.45) is 11.7 Å². The normalized spacial score (nSPS) is 24.7. The van der Waals surface area contributed by atoms with E-state index in [1.165, 1.54) is 25.9 Å². The van der Waals surface area contributed by atoms with E-state index >= 15 is 0 Å². The predicted octanol–water partition coefficient (Wildman–Crippen LogP) is 0.449. The molecule has 0 aromatic rings. The van der Waals surface area contributed by atoms with Crippen LogP contribution in [0.3, 0.4) is 0 Å². The molecule has 53 valence electrons. The fourth-order valence-electron chi connectivity index (χ4n) is 1.22. The summed E-state index contributed by atoms with van der Waals surface area (Å²) in [5.41, 5.74) is 5.41. The molecule has 2 heteroatoms. The minimum absolute atomic E-state index is 0.682. The molecule has 1 heterocycles. The maximum Gasteiger partial charge on any atom is 0.0224 e. The van der Waals surface area contributed by atoms with Crippen LogP contribution in [0.15, 0.2) is 0 Å².